The first-order valence-corrected chi connectivity index (χ1v) is 5.87. The van der Waals surface area contributed by atoms with E-state index in [2.05, 4.69) is 6.92 Å². The van der Waals surface area contributed by atoms with Gasteiger partial charge in [0.25, 0.3) is 0 Å². The second kappa shape index (κ2) is 3.25. The third-order valence-electron chi connectivity index (χ3n) is 3.33. The molecule has 1 aromatic carbocycles. The van der Waals surface area contributed by atoms with Crippen LogP contribution >= 0.6 is 11.6 Å². The monoisotopic (exact) mass is 236 g/mol. The summed E-state index contributed by atoms with van der Waals surface area (Å²) in [5.41, 5.74) is -0.103. The molecule has 0 aliphatic heterocycles. The normalized spacial score (nSPS) is 29.3. The Kier molecular flexibility index (Phi) is 2.07. The van der Waals surface area contributed by atoms with Crippen molar-refractivity contribution >= 4 is 22.6 Å². The lowest BCUT2D eigenvalue weighted by Crippen LogP contribution is -2.39. The number of hydrogen-bond acceptors (Lipinski definition) is 2. The van der Waals surface area contributed by atoms with Gasteiger partial charge in [-0.2, -0.15) is 0 Å². The Bertz CT molecular complexity index is 538. The average molecular weight is 237 g/mol. The van der Waals surface area contributed by atoms with Gasteiger partial charge < -0.3 is 9.52 Å². The van der Waals surface area contributed by atoms with E-state index in [1.807, 2.05) is 18.2 Å². The largest absolute Gasteiger partial charge is 0.456 e. The maximum Gasteiger partial charge on any atom is 0.153 e. The first-order chi connectivity index (χ1) is 7.58. The number of furan rings is 1. The van der Waals surface area contributed by atoms with Crippen LogP contribution in [-0.4, -0.2) is 5.11 Å². The van der Waals surface area contributed by atoms with Gasteiger partial charge in [0.1, 0.15) is 11.4 Å². The van der Waals surface area contributed by atoms with Crippen LogP contribution in [0.5, 0.6) is 0 Å². The van der Waals surface area contributed by atoms with E-state index in [1.54, 1.807) is 6.07 Å². The van der Waals surface area contributed by atoms with Crippen LogP contribution in [0.3, 0.4) is 0 Å². The van der Waals surface area contributed by atoms with Crippen LogP contribution in [0.15, 0.2) is 28.7 Å². The number of benzene rings is 1. The standard InChI is InChI=1S/C13H13ClO2/c1-8-6-13(15,7-8)11-5-9-3-2-4-10(14)12(9)16-11/h2-5,8,15H,6-7H2,1H3. The topological polar surface area (TPSA) is 33.4 Å². The Balaban J connectivity index is 2.09. The summed E-state index contributed by atoms with van der Waals surface area (Å²) < 4.78 is 5.67. The minimum Gasteiger partial charge on any atom is -0.456 e. The molecule has 0 atom stereocenters. The van der Waals surface area contributed by atoms with Crippen molar-refractivity contribution in [3.05, 3.63) is 35.0 Å². The Hall–Kier alpha value is -0.990. The molecule has 84 valence electrons. The Morgan fingerprint density at radius 1 is 1.44 bits per heavy atom. The van der Waals surface area contributed by atoms with Crippen molar-refractivity contribution in [3.8, 4) is 0 Å². The molecule has 0 amide bonds. The molecule has 0 radical (unpaired) electrons. The van der Waals surface area contributed by atoms with E-state index in [1.165, 1.54) is 0 Å². The fourth-order valence-electron chi connectivity index (χ4n) is 2.55. The number of hydrogen-bond donors (Lipinski definition) is 1. The minimum absolute atomic E-state index is 0.564. The van der Waals surface area contributed by atoms with Crippen molar-refractivity contribution in [2.75, 3.05) is 0 Å². The molecule has 0 saturated heterocycles. The Labute approximate surface area is 98.8 Å². The molecule has 2 nitrogen and oxygen atoms in total. The first kappa shape index (κ1) is 10.2. The highest BCUT2D eigenvalue weighted by Crippen LogP contribution is 2.47. The molecule has 0 spiro atoms. The number of aliphatic hydroxyl groups is 1. The van der Waals surface area contributed by atoms with Crippen LogP contribution in [0.25, 0.3) is 11.0 Å². The van der Waals surface area contributed by atoms with Crippen molar-refractivity contribution in [3.63, 3.8) is 0 Å². The van der Waals surface area contributed by atoms with Gasteiger partial charge in [-0.3, -0.25) is 0 Å². The summed E-state index contributed by atoms with van der Waals surface area (Å²) in [6.45, 7) is 2.13. The van der Waals surface area contributed by atoms with Gasteiger partial charge in [0.05, 0.1) is 5.02 Å². The quantitative estimate of drug-likeness (QED) is 0.819. The van der Waals surface area contributed by atoms with E-state index >= 15 is 0 Å². The smallest absolute Gasteiger partial charge is 0.153 e. The zero-order valence-electron chi connectivity index (χ0n) is 9.03. The average Bonchev–Trinajstić information content (AvgIpc) is 2.61. The van der Waals surface area contributed by atoms with Gasteiger partial charge in [0, 0.05) is 5.39 Å². The summed E-state index contributed by atoms with van der Waals surface area (Å²) >= 11 is 6.03. The molecule has 1 saturated carbocycles. The molecule has 1 aliphatic carbocycles. The van der Waals surface area contributed by atoms with Gasteiger partial charge in [-0.1, -0.05) is 30.7 Å². The molecule has 1 heterocycles. The predicted molar refractivity (Wildman–Crippen MR) is 63.5 cm³/mol. The van der Waals surface area contributed by atoms with E-state index in [9.17, 15) is 5.11 Å². The maximum atomic E-state index is 10.3. The zero-order chi connectivity index (χ0) is 11.3. The SMILES string of the molecule is CC1CC(O)(c2cc3cccc(Cl)c3o2)C1. The molecular formula is C13H13ClO2. The highest BCUT2D eigenvalue weighted by molar-refractivity contribution is 6.34. The molecular weight excluding hydrogens is 224 g/mol. The van der Waals surface area contributed by atoms with Gasteiger partial charge in [-0.15, -0.1) is 0 Å². The van der Waals surface area contributed by atoms with E-state index in [4.69, 9.17) is 16.0 Å². The lowest BCUT2D eigenvalue weighted by atomic mass is 9.70. The number of para-hydroxylation sites is 1. The van der Waals surface area contributed by atoms with Crippen LogP contribution in [0.1, 0.15) is 25.5 Å². The van der Waals surface area contributed by atoms with Gasteiger partial charge in [0.2, 0.25) is 0 Å². The lowest BCUT2D eigenvalue weighted by Gasteiger charge is -2.40. The van der Waals surface area contributed by atoms with Crippen molar-refractivity contribution in [1.82, 2.24) is 0 Å². The van der Waals surface area contributed by atoms with Crippen molar-refractivity contribution < 1.29 is 9.52 Å². The van der Waals surface area contributed by atoms with Gasteiger partial charge in [-0.05, 0) is 30.9 Å². The summed E-state index contributed by atoms with van der Waals surface area (Å²) in [5, 5.41) is 11.9. The highest BCUT2D eigenvalue weighted by atomic mass is 35.5. The Morgan fingerprint density at radius 3 is 2.81 bits per heavy atom. The maximum absolute atomic E-state index is 10.3. The molecule has 0 unspecified atom stereocenters. The molecule has 1 fully saturated rings. The second-order valence-corrected chi connectivity index (χ2v) is 5.22. The van der Waals surface area contributed by atoms with Gasteiger partial charge in [-0.25, -0.2) is 0 Å². The van der Waals surface area contributed by atoms with Crippen molar-refractivity contribution in [2.24, 2.45) is 5.92 Å². The molecule has 3 rings (SSSR count). The second-order valence-electron chi connectivity index (χ2n) is 4.81. The van der Waals surface area contributed by atoms with Gasteiger partial charge in [0.15, 0.2) is 5.58 Å². The van der Waals surface area contributed by atoms with E-state index in [0.717, 1.165) is 18.2 Å². The minimum atomic E-state index is -0.776. The summed E-state index contributed by atoms with van der Waals surface area (Å²) in [7, 11) is 0. The molecule has 1 N–H and O–H groups in total. The van der Waals surface area contributed by atoms with Gasteiger partial charge >= 0.3 is 0 Å². The first-order valence-electron chi connectivity index (χ1n) is 5.49. The summed E-state index contributed by atoms with van der Waals surface area (Å²) in [5.74, 6) is 1.21. The van der Waals surface area contributed by atoms with Crippen LogP contribution in [0, 0.1) is 5.92 Å². The highest BCUT2D eigenvalue weighted by Gasteiger charge is 2.44. The lowest BCUT2D eigenvalue weighted by molar-refractivity contribution is -0.0885. The van der Waals surface area contributed by atoms with Crippen molar-refractivity contribution in [2.45, 2.75) is 25.4 Å². The van der Waals surface area contributed by atoms with Crippen LogP contribution in [0.4, 0.5) is 0 Å². The molecule has 2 aromatic rings. The number of fused-ring (bicyclic) bond motifs is 1. The molecule has 0 bridgehead atoms. The molecule has 3 heteroatoms. The summed E-state index contributed by atoms with van der Waals surface area (Å²) in [6.07, 6.45) is 1.54. The predicted octanol–water partition coefficient (Wildman–Crippen LogP) is 3.70. The Morgan fingerprint density at radius 2 is 2.19 bits per heavy atom. The number of rotatable bonds is 1. The third-order valence-corrected chi connectivity index (χ3v) is 3.62. The van der Waals surface area contributed by atoms with Crippen LogP contribution in [0.2, 0.25) is 5.02 Å². The fraction of sp³-hybridized carbons (Fsp3) is 0.385. The third kappa shape index (κ3) is 1.37. The van der Waals surface area contributed by atoms with E-state index in [-0.39, 0.29) is 0 Å². The number of halogens is 1. The van der Waals surface area contributed by atoms with E-state index in [0.29, 0.717) is 22.3 Å². The fourth-order valence-corrected chi connectivity index (χ4v) is 2.77. The van der Waals surface area contributed by atoms with Crippen molar-refractivity contribution in [1.29, 1.82) is 0 Å². The molecule has 1 aromatic heterocycles. The molecule has 16 heavy (non-hydrogen) atoms. The van der Waals surface area contributed by atoms with E-state index < -0.39 is 5.60 Å². The zero-order valence-corrected chi connectivity index (χ0v) is 9.79. The summed E-state index contributed by atoms with van der Waals surface area (Å²) in [6, 6.07) is 7.52. The molecule has 1 aliphatic rings. The summed E-state index contributed by atoms with van der Waals surface area (Å²) in [4.78, 5) is 0. The van der Waals surface area contributed by atoms with Crippen LogP contribution < -0.4 is 0 Å². The van der Waals surface area contributed by atoms with Crippen LogP contribution in [-0.2, 0) is 5.60 Å².